The molecule has 56 heavy (non-hydrogen) atoms. The van der Waals surface area contributed by atoms with Gasteiger partial charge in [0, 0.05) is 29.5 Å². The molecule has 0 atom stereocenters. The van der Waals surface area contributed by atoms with Gasteiger partial charge in [-0.15, -0.1) is 5.26 Å². The second-order valence-electron chi connectivity index (χ2n) is 15.4. The van der Waals surface area contributed by atoms with Crippen LogP contribution in [0.25, 0.3) is 0 Å². The standard InChI is InChI=1S/C21H25N3O3S.C13H13NO.C8H12N2O2S/c1-13(2)19-12-16(9-10-22-19)28(26,27)24-21(25)23-20-17-7-3-5-14(17)11-15-6-4-8-18(15)20;14-8-15-13-11-5-1-3-9(11)7-10-4-2-6-12(10)13;1-6(2)8-5-7(3-4-10-8)13(9,11)12/h9-13H,3-8H2,1-2H3,(H2,23,24,25);7H,1-6H2;3-6H,1-2H3,(H2,9,11,12). The van der Waals surface area contributed by atoms with Gasteiger partial charge in [0.05, 0.1) is 9.79 Å². The number of nitriles is 1. The highest BCUT2D eigenvalue weighted by atomic mass is 32.2. The lowest BCUT2D eigenvalue weighted by Gasteiger charge is -2.16. The molecule has 0 fully saturated rings. The van der Waals surface area contributed by atoms with E-state index in [9.17, 15) is 21.6 Å². The summed E-state index contributed by atoms with van der Waals surface area (Å²) < 4.78 is 54.6. The third kappa shape index (κ3) is 9.23. The minimum atomic E-state index is -3.97. The lowest BCUT2D eigenvalue weighted by molar-refractivity contribution is 0.256. The Morgan fingerprint density at radius 1 is 0.696 bits per heavy atom. The number of nitrogens with zero attached hydrogens (tertiary/aromatic N) is 3. The lowest BCUT2D eigenvalue weighted by Crippen LogP contribution is -2.35. The molecule has 0 bridgehead atoms. The Labute approximate surface area is 330 Å². The Balaban J connectivity index is 0.000000159. The van der Waals surface area contributed by atoms with Gasteiger partial charge in [0.1, 0.15) is 5.75 Å². The number of sulfonamides is 2. The van der Waals surface area contributed by atoms with Crippen molar-refractivity contribution in [3.8, 4) is 12.0 Å². The molecule has 4 aliphatic rings. The number of urea groups is 1. The topological polar surface area (TPSA) is 194 Å². The number of aryl methyl sites for hydroxylation is 4. The summed E-state index contributed by atoms with van der Waals surface area (Å²) in [6.45, 7) is 7.76. The number of pyridine rings is 2. The van der Waals surface area contributed by atoms with Crippen LogP contribution in [0, 0.1) is 11.5 Å². The van der Waals surface area contributed by atoms with Crippen LogP contribution in [0.5, 0.6) is 5.75 Å². The average Bonchev–Trinajstić information content (AvgIpc) is 3.99. The maximum atomic E-state index is 12.7. The van der Waals surface area contributed by atoms with Crippen LogP contribution in [-0.4, -0.2) is 32.8 Å². The molecule has 0 unspecified atom stereocenters. The van der Waals surface area contributed by atoms with Crippen molar-refractivity contribution in [3.05, 3.63) is 105 Å². The highest BCUT2D eigenvalue weighted by molar-refractivity contribution is 7.90. The molecule has 2 aromatic heterocycles. The maximum absolute atomic E-state index is 12.7. The van der Waals surface area contributed by atoms with E-state index >= 15 is 0 Å². The highest BCUT2D eigenvalue weighted by Gasteiger charge is 2.27. The second-order valence-corrected chi connectivity index (χ2v) is 18.6. The monoisotopic (exact) mass is 798 g/mol. The fourth-order valence-electron chi connectivity index (χ4n) is 8.05. The van der Waals surface area contributed by atoms with Gasteiger partial charge in [-0.3, -0.25) is 9.97 Å². The minimum Gasteiger partial charge on any atom is -0.387 e. The molecular weight excluding hydrogens is 749 g/mol. The summed E-state index contributed by atoms with van der Waals surface area (Å²) in [6, 6.07) is 9.71. The normalized spacial score (nSPS) is 15.0. The van der Waals surface area contributed by atoms with Crippen molar-refractivity contribution in [1.29, 1.82) is 5.26 Å². The van der Waals surface area contributed by atoms with E-state index in [4.69, 9.17) is 15.1 Å². The van der Waals surface area contributed by atoms with Crippen LogP contribution in [0.3, 0.4) is 0 Å². The first-order valence-electron chi connectivity index (χ1n) is 19.3. The van der Waals surface area contributed by atoms with Gasteiger partial charge >= 0.3 is 6.03 Å². The number of carbonyl (C=O) groups is 1. The lowest BCUT2D eigenvalue weighted by atomic mass is 9.99. The number of carbonyl (C=O) groups excluding carboxylic acids is 1. The van der Waals surface area contributed by atoms with Crippen molar-refractivity contribution >= 4 is 31.8 Å². The van der Waals surface area contributed by atoms with Crippen LogP contribution in [0.1, 0.15) is 121 Å². The summed E-state index contributed by atoms with van der Waals surface area (Å²) in [5.41, 5.74) is 12.6. The van der Waals surface area contributed by atoms with E-state index in [1.807, 2.05) is 34.0 Å². The fraction of sp³-hybridized carbons (Fsp3) is 0.429. The van der Waals surface area contributed by atoms with Crippen molar-refractivity contribution in [1.82, 2.24) is 14.7 Å². The third-order valence-electron chi connectivity index (χ3n) is 10.8. The molecule has 2 amide bonds. The largest absolute Gasteiger partial charge is 0.387 e. The number of hydrogen-bond donors (Lipinski definition) is 3. The van der Waals surface area contributed by atoms with Crippen LogP contribution in [0.15, 0.2) is 58.6 Å². The van der Waals surface area contributed by atoms with Crippen molar-refractivity contribution in [2.24, 2.45) is 5.14 Å². The van der Waals surface area contributed by atoms with Gasteiger partial charge < -0.3 is 10.1 Å². The Morgan fingerprint density at radius 3 is 1.57 bits per heavy atom. The first kappa shape index (κ1) is 40.8. The van der Waals surface area contributed by atoms with Gasteiger partial charge in [-0.05, 0) is 158 Å². The molecule has 0 saturated carbocycles. The number of nitrogens with two attached hydrogens (primary N) is 1. The van der Waals surface area contributed by atoms with Gasteiger partial charge in [-0.2, -0.15) is 0 Å². The summed E-state index contributed by atoms with van der Waals surface area (Å²) in [6.07, 6.45) is 17.7. The quantitative estimate of drug-likeness (QED) is 0.164. The summed E-state index contributed by atoms with van der Waals surface area (Å²) in [5.74, 6) is 1.19. The first-order valence-corrected chi connectivity index (χ1v) is 22.4. The molecule has 0 radical (unpaired) electrons. The van der Waals surface area contributed by atoms with Gasteiger partial charge in [0.2, 0.25) is 10.0 Å². The predicted octanol–water partition coefficient (Wildman–Crippen LogP) is 7.07. The number of anilines is 1. The van der Waals surface area contributed by atoms with E-state index in [2.05, 4.69) is 32.1 Å². The second kappa shape index (κ2) is 17.1. The van der Waals surface area contributed by atoms with Crippen LogP contribution >= 0.6 is 0 Å². The molecule has 12 nitrogen and oxygen atoms in total. The Kier molecular flexibility index (Phi) is 12.5. The number of ether oxygens (including phenoxy) is 1. The average molecular weight is 799 g/mol. The van der Waals surface area contributed by atoms with Gasteiger partial charge in [0.25, 0.3) is 16.3 Å². The van der Waals surface area contributed by atoms with Gasteiger partial charge in [-0.1, -0.05) is 39.8 Å². The number of hydrogen-bond acceptors (Lipinski definition) is 9. The minimum absolute atomic E-state index is 0.0462. The van der Waals surface area contributed by atoms with Crippen LogP contribution in [-0.2, 0) is 71.4 Å². The number of amides is 2. The van der Waals surface area contributed by atoms with E-state index in [-0.39, 0.29) is 21.6 Å². The van der Waals surface area contributed by atoms with Gasteiger partial charge in [0.15, 0.2) is 0 Å². The Bertz CT molecular complexity index is 2340. The molecule has 8 rings (SSSR count). The molecule has 4 N–H and O–H groups in total. The number of benzene rings is 2. The number of fused-ring (bicyclic) bond motifs is 4. The molecule has 296 valence electrons. The van der Waals surface area contributed by atoms with Gasteiger partial charge in [-0.25, -0.2) is 31.5 Å². The fourth-order valence-corrected chi connectivity index (χ4v) is 9.52. The van der Waals surface area contributed by atoms with Crippen LogP contribution in [0.4, 0.5) is 10.5 Å². The van der Waals surface area contributed by atoms with Crippen molar-refractivity contribution in [2.75, 3.05) is 5.32 Å². The number of nitrogens with one attached hydrogen (secondary N) is 2. The van der Waals surface area contributed by atoms with Crippen molar-refractivity contribution in [3.63, 3.8) is 0 Å². The van der Waals surface area contributed by atoms with Crippen LogP contribution in [0.2, 0.25) is 0 Å². The SMILES string of the molecule is CC(C)c1cc(S(=O)(=O)NC(=O)Nc2c3c(cc4c2CCC4)CCC3)ccn1.CC(C)c1cc(S(N)(=O)=O)ccn1.N#COc1c2c(cc3c1CCC3)CCC2. The number of rotatable bonds is 7. The molecule has 2 aromatic carbocycles. The summed E-state index contributed by atoms with van der Waals surface area (Å²) in [4.78, 5) is 21.0. The van der Waals surface area contributed by atoms with E-state index in [1.54, 1.807) is 0 Å². The first-order chi connectivity index (χ1) is 26.7. The number of primary sulfonamides is 1. The number of aromatic nitrogens is 2. The Morgan fingerprint density at radius 2 is 1.12 bits per heavy atom. The molecule has 0 spiro atoms. The summed E-state index contributed by atoms with van der Waals surface area (Å²) >= 11 is 0. The molecule has 0 saturated heterocycles. The molecule has 4 aromatic rings. The highest BCUT2D eigenvalue weighted by Crippen LogP contribution is 2.40. The van der Waals surface area contributed by atoms with E-state index < -0.39 is 26.1 Å². The van der Waals surface area contributed by atoms with Crippen molar-refractivity contribution < 1.29 is 26.4 Å². The molecule has 14 heteroatoms. The van der Waals surface area contributed by atoms with E-state index in [0.29, 0.717) is 5.69 Å². The zero-order valence-electron chi connectivity index (χ0n) is 32.4. The summed E-state index contributed by atoms with van der Waals surface area (Å²) in [5, 5.41) is 16.5. The van der Waals surface area contributed by atoms with Crippen molar-refractivity contribution in [2.45, 2.75) is 126 Å². The molecular formula is C42H50N6O6S2. The zero-order valence-corrected chi connectivity index (χ0v) is 34.1. The molecule has 0 aliphatic heterocycles. The zero-order chi connectivity index (χ0) is 40.2. The molecule has 2 heterocycles. The van der Waals surface area contributed by atoms with Crippen LogP contribution < -0.4 is 19.9 Å². The molecule has 4 aliphatic carbocycles. The maximum Gasteiger partial charge on any atom is 0.333 e. The summed E-state index contributed by atoms with van der Waals surface area (Å²) in [7, 11) is -7.56. The van der Waals surface area contributed by atoms with E-state index in [0.717, 1.165) is 81.3 Å². The third-order valence-corrected chi connectivity index (χ3v) is 13.1. The van der Waals surface area contributed by atoms with E-state index in [1.165, 1.54) is 94.0 Å². The smallest absolute Gasteiger partial charge is 0.333 e. The Hall–Kier alpha value is -4.84. The predicted molar refractivity (Wildman–Crippen MR) is 215 cm³/mol.